The third-order valence-electron chi connectivity index (χ3n) is 3.29. The Bertz CT molecular complexity index is 411. The van der Waals surface area contributed by atoms with Gasteiger partial charge in [-0.3, -0.25) is 9.69 Å². The van der Waals surface area contributed by atoms with Gasteiger partial charge in [0.1, 0.15) is 0 Å². The average Bonchev–Trinajstić information content (AvgIpc) is 2.30. The number of likely N-dealkylation sites (tertiary alicyclic amines) is 1. The Balaban J connectivity index is 2.17. The van der Waals surface area contributed by atoms with Gasteiger partial charge in [-0.1, -0.05) is 22.4 Å². The maximum atomic E-state index is 11.6. The molecule has 2 rings (SSSR count). The van der Waals surface area contributed by atoms with Gasteiger partial charge in [-0.15, -0.1) is 0 Å². The number of carbonyl (C=O) groups is 1. The first kappa shape index (κ1) is 12.8. The van der Waals surface area contributed by atoms with Gasteiger partial charge in [-0.25, -0.2) is 0 Å². The van der Waals surface area contributed by atoms with E-state index in [-0.39, 0.29) is 5.78 Å². The highest BCUT2D eigenvalue weighted by molar-refractivity contribution is 9.10. The van der Waals surface area contributed by atoms with Gasteiger partial charge in [0.15, 0.2) is 5.78 Å². The van der Waals surface area contributed by atoms with Crippen molar-refractivity contribution in [1.82, 2.24) is 4.90 Å². The predicted octanol–water partition coefficient (Wildman–Crippen LogP) is 3.64. The molecule has 0 N–H and O–H groups in total. The Morgan fingerprint density at radius 2 is 2.00 bits per heavy atom. The zero-order valence-electron chi connectivity index (χ0n) is 10.2. The summed E-state index contributed by atoms with van der Waals surface area (Å²) in [6, 6.07) is 5.94. The lowest BCUT2D eigenvalue weighted by molar-refractivity contribution is 0.101. The maximum absolute atomic E-state index is 11.6. The molecule has 1 aromatic rings. The van der Waals surface area contributed by atoms with Gasteiger partial charge in [0, 0.05) is 16.6 Å². The standard InChI is InChI=1S/C14H18BrNO/c1-11(17)14-6-5-13(15)9-12(14)10-16-7-3-2-4-8-16/h5-6,9H,2-4,7-8,10H2,1H3. The largest absolute Gasteiger partial charge is 0.299 e. The van der Waals surface area contributed by atoms with Crippen LogP contribution in [0.1, 0.15) is 42.1 Å². The van der Waals surface area contributed by atoms with Crippen LogP contribution in [0.2, 0.25) is 0 Å². The van der Waals surface area contributed by atoms with Crippen molar-refractivity contribution < 1.29 is 4.79 Å². The van der Waals surface area contributed by atoms with Crippen LogP contribution >= 0.6 is 15.9 Å². The van der Waals surface area contributed by atoms with Crippen molar-refractivity contribution >= 4 is 21.7 Å². The second-order valence-electron chi connectivity index (χ2n) is 4.69. The highest BCUT2D eigenvalue weighted by atomic mass is 79.9. The van der Waals surface area contributed by atoms with Crippen LogP contribution in [-0.2, 0) is 6.54 Å². The van der Waals surface area contributed by atoms with E-state index in [1.165, 1.54) is 19.3 Å². The summed E-state index contributed by atoms with van der Waals surface area (Å²) >= 11 is 3.48. The number of hydrogen-bond donors (Lipinski definition) is 0. The molecule has 2 nitrogen and oxygen atoms in total. The minimum Gasteiger partial charge on any atom is -0.299 e. The van der Waals surface area contributed by atoms with Crippen molar-refractivity contribution in [1.29, 1.82) is 0 Å². The number of benzene rings is 1. The van der Waals surface area contributed by atoms with Gasteiger partial charge in [-0.05, 0) is 56.6 Å². The molecule has 0 bridgehead atoms. The quantitative estimate of drug-likeness (QED) is 0.794. The van der Waals surface area contributed by atoms with Crippen LogP contribution < -0.4 is 0 Å². The lowest BCUT2D eigenvalue weighted by Crippen LogP contribution is -2.29. The first-order valence-electron chi connectivity index (χ1n) is 6.18. The summed E-state index contributed by atoms with van der Waals surface area (Å²) in [5.74, 6) is 0.157. The summed E-state index contributed by atoms with van der Waals surface area (Å²) in [5, 5.41) is 0. The van der Waals surface area contributed by atoms with E-state index in [1.54, 1.807) is 6.92 Å². The van der Waals surface area contributed by atoms with Crippen LogP contribution in [0.5, 0.6) is 0 Å². The van der Waals surface area contributed by atoms with Crippen molar-refractivity contribution in [3.63, 3.8) is 0 Å². The smallest absolute Gasteiger partial charge is 0.160 e. The molecule has 1 saturated heterocycles. The van der Waals surface area contributed by atoms with Gasteiger partial charge < -0.3 is 0 Å². The molecule has 0 amide bonds. The van der Waals surface area contributed by atoms with E-state index < -0.39 is 0 Å². The van der Waals surface area contributed by atoms with E-state index in [0.717, 1.165) is 35.2 Å². The zero-order chi connectivity index (χ0) is 12.3. The molecule has 1 aromatic carbocycles. The fraction of sp³-hybridized carbons (Fsp3) is 0.500. The highest BCUT2D eigenvalue weighted by Gasteiger charge is 2.14. The van der Waals surface area contributed by atoms with E-state index in [1.807, 2.05) is 12.1 Å². The van der Waals surface area contributed by atoms with Gasteiger partial charge in [0.25, 0.3) is 0 Å². The molecule has 3 heteroatoms. The fourth-order valence-electron chi connectivity index (χ4n) is 2.39. The molecule has 0 aromatic heterocycles. The Kier molecular flexibility index (Phi) is 4.35. The predicted molar refractivity (Wildman–Crippen MR) is 73.3 cm³/mol. The zero-order valence-corrected chi connectivity index (χ0v) is 11.8. The topological polar surface area (TPSA) is 20.3 Å². The van der Waals surface area contributed by atoms with Crippen LogP contribution in [-0.4, -0.2) is 23.8 Å². The molecule has 1 fully saturated rings. The monoisotopic (exact) mass is 295 g/mol. The van der Waals surface area contributed by atoms with E-state index in [4.69, 9.17) is 0 Å². The fourth-order valence-corrected chi connectivity index (χ4v) is 2.80. The summed E-state index contributed by atoms with van der Waals surface area (Å²) < 4.78 is 1.05. The molecule has 0 saturated carbocycles. The van der Waals surface area contributed by atoms with Gasteiger partial charge in [0.05, 0.1) is 0 Å². The Labute approximate surface area is 111 Å². The normalized spacial score (nSPS) is 17.1. The lowest BCUT2D eigenvalue weighted by Gasteiger charge is -2.27. The van der Waals surface area contributed by atoms with Crippen LogP contribution in [0.3, 0.4) is 0 Å². The molecule has 92 valence electrons. The molecule has 0 aliphatic carbocycles. The number of piperidine rings is 1. The summed E-state index contributed by atoms with van der Waals surface area (Å²) in [5.41, 5.74) is 2.01. The van der Waals surface area contributed by atoms with Gasteiger partial charge >= 0.3 is 0 Å². The Morgan fingerprint density at radius 1 is 1.29 bits per heavy atom. The van der Waals surface area contributed by atoms with Crippen molar-refractivity contribution in [3.8, 4) is 0 Å². The first-order valence-corrected chi connectivity index (χ1v) is 6.98. The second kappa shape index (κ2) is 5.78. The van der Waals surface area contributed by atoms with Crippen LogP contribution in [0.4, 0.5) is 0 Å². The molecule has 0 radical (unpaired) electrons. The first-order chi connectivity index (χ1) is 8.16. The number of hydrogen-bond acceptors (Lipinski definition) is 2. The summed E-state index contributed by atoms with van der Waals surface area (Å²) in [6.45, 7) is 4.85. The molecular formula is C14H18BrNO. The Morgan fingerprint density at radius 3 is 2.65 bits per heavy atom. The van der Waals surface area contributed by atoms with Crippen LogP contribution in [0.25, 0.3) is 0 Å². The molecular weight excluding hydrogens is 278 g/mol. The van der Waals surface area contributed by atoms with Gasteiger partial charge in [-0.2, -0.15) is 0 Å². The van der Waals surface area contributed by atoms with Crippen molar-refractivity contribution in [2.75, 3.05) is 13.1 Å². The van der Waals surface area contributed by atoms with Crippen molar-refractivity contribution in [2.45, 2.75) is 32.7 Å². The van der Waals surface area contributed by atoms with Crippen LogP contribution in [0.15, 0.2) is 22.7 Å². The number of halogens is 1. The van der Waals surface area contributed by atoms with E-state index in [2.05, 4.69) is 26.9 Å². The number of rotatable bonds is 3. The van der Waals surface area contributed by atoms with Gasteiger partial charge in [0.2, 0.25) is 0 Å². The Hall–Kier alpha value is -0.670. The van der Waals surface area contributed by atoms with E-state index in [0.29, 0.717) is 0 Å². The molecule has 1 aliphatic heterocycles. The summed E-state index contributed by atoms with van der Waals surface area (Å²) in [7, 11) is 0. The third kappa shape index (κ3) is 3.39. The van der Waals surface area contributed by atoms with Crippen molar-refractivity contribution in [2.24, 2.45) is 0 Å². The van der Waals surface area contributed by atoms with Crippen molar-refractivity contribution in [3.05, 3.63) is 33.8 Å². The number of ketones is 1. The number of carbonyl (C=O) groups excluding carboxylic acids is 1. The molecule has 17 heavy (non-hydrogen) atoms. The highest BCUT2D eigenvalue weighted by Crippen LogP contribution is 2.20. The molecule has 0 unspecified atom stereocenters. The SMILES string of the molecule is CC(=O)c1ccc(Br)cc1CN1CCCCC1. The summed E-state index contributed by atoms with van der Waals surface area (Å²) in [6.07, 6.45) is 3.90. The molecule has 1 heterocycles. The molecule has 1 aliphatic rings. The minimum atomic E-state index is 0.157. The lowest BCUT2D eigenvalue weighted by atomic mass is 10.0. The molecule has 0 atom stereocenters. The number of nitrogens with zero attached hydrogens (tertiary/aromatic N) is 1. The minimum absolute atomic E-state index is 0.157. The van der Waals surface area contributed by atoms with E-state index >= 15 is 0 Å². The van der Waals surface area contributed by atoms with Crippen LogP contribution in [0, 0.1) is 0 Å². The number of Topliss-reactive ketones (excluding diaryl/α,β-unsaturated/α-hetero) is 1. The second-order valence-corrected chi connectivity index (χ2v) is 5.61. The average molecular weight is 296 g/mol. The summed E-state index contributed by atoms with van der Waals surface area (Å²) in [4.78, 5) is 14.0. The third-order valence-corrected chi connectivity index (χ3v) is 3.78. The molecule has 0 spiro atoms. The van der Waals surface area contributed by atoms with E-state index in [9.17, 15) is 4.79 Å². The maximum Gasteiger partial charge on any atom is 0.160 e.